The highest BCUT2D eigenvalue weighted by Crippen LogP contribution is 2.47. The summed E-state index contributed by atoms with van der Waals surface area (Å²) in [5.41, 5.74) is 2.53. The van der Waals surface area contributed by atoms with E-state index in [2.05, 4.69) is 20.9 Å². The van der Waals surface area contributed by atoms with Crippen LogP contribution < -0.4 is 20.9 Å². The molecule has 0 radical (unpaired) electrons. The lowest BCUT2D eigenvalue weighted by Gasteiger charge is -2.34. The van der Waals surface area contributed by atoms with Gasteiger partial charge in [-0.15, -0.1) is 0 Å². The average molecular weight is 970 g/mol. The fourth-order valence-corrected chi connectivity index (χ4v) is 10.1. The maximum atomic E-state index is 13.7. The van der Waals surface area contributed by atoms with Crippen LogP contribution in [0.3, 0.4) is 0 Å². The highest BCUT2D eigenvalue weighted by atomic mass is 32.2. The number of amides is 6. The molecule has 20 heteroatoms. The van der Waals surface area contributed by atoms with Crippen LogP contribution in [0, 0.1) is 0 Å². The summed E-state index contributed by atoms with van der Waals surface area (Å²) in [7, 11) is 2.58. The zero-order valence-electron chi connectivity index (χ0n) is 37.9. The lowest BCUT2D eigenvalue weighted by atomic mass is 10.0. The lowest BCUT2D eigenvalue weighted by Crippen LogP contribution is -2.53. The summed E-state index contributed by atoms with van der Waals surface area (Å²) in [6, 6.07) is 15.8. The van der Waals surface area contributed by atoms with Crippen LogP contribution in [-0.4, -0.2) is 131 Å². The number of hydrogen-bond acceptors (Lipinski definition) is 10. The number of carbonyl (C=O) groups is 6. The largest absolute Gasteiger partial charge is 0.465 e. The molecule has 3 heterocycles. The van der Waals surface area contributed by atoms with Gasteiger partial charge in [-0.05, 0) is 135 Å². The summed E-state index contributed by atoms with van der Waals surface area (Å²) in [6.45, 7) is 0.698. The number of halogens is 3. The predicted octanol–water partition coefficient (Wildman–Crippen LogP) is 7.86. The van der Waals surface area contributed by atoms with Gasteiger partial charge in [0, 0.05) is 37.2 Å². The van der Waals surface area contributed by atoms with Gasteiger partial charge in [-0.1, -0.05) is 24.3 Å². The molecule has 15 nitrogen and oxygen atoms in total. The molecular formula is C47H58F3N7O8S2. The quantitative estimate of drug-likeness (QED) is 0.103. The molecule has 0 bridgehead atoms. The molecule has 3 aromatic rings. The Balaban J connectivity index is 1.17. The van der Waals surface area contributed by atoms with Gasteiger partial charge in [-0.3, -0.25) is 24.1 Å². The van der Waals surface area contributed by atoms with Crippen molar-refractivity contribution in [2.24, 2.45) is 0 Å². The number of benzene rings is 3. The maximum absolute atomic E-state index is 13.7. The van der Waals surface area contributed by atoms with Crippen LogP contribution >= 0.6 is 23.5 Å². The third kappa shape index (κ3) is 12.3. The molecule has 3 aromatic carbocycles. The number of thioether (sulfide) groups is 2. The third-order valence-corrected chi connectivity index (χ3v) is 14.0. The van der Waals surface area contributed by atoms with Crippen molar-refractivity contribution in [1.29, 1.82) is 0 Å². The number of carbonyl (C=O) groups excluding carboxylic acids is 5. The van der Waals surface area contributed by atoms with Crippen molar-refractivity contribution in [1.82, 2.24) is 20.0 Å². The van der Waals surface area contributed by atoms with E-state index in [9.17, 15) is 47.0 Å². The van der Waals surface area contributed by atoms with E-state index >= 15 is 0 Å². The van der Waals surface area contributed by atoms with E-state index in [0.717, 1.165) is 28.2 Å². The predicted molar refractivity (Wildman–Crippen MR) is 253 cm³/mol. The summed E-state index contributed by atoms with van der Waals surface area (Å²) in [5.74, 6) is -0.318. The summed E-state index contributed by atoms with van der Waals surface area (Å²) in [5, 5.41) is 18.1. The molecule has 0 aromatic heterocycles. The van der Waals surface area contributed by atoms with Crippen LogP contribution in [0.25, 0.3) is 0 Å². The van der Waals surface area contributed by atoms with Crippen LogP contribution in [0.5, 0.6) is 0 Å². The topological polar surface area (TPSA) is 181 Å². The normalized spacial score (nSPS) is 20.3. The Kier molecular flexibility index (Phi) is 17.4. The first-order valence-electron chi connectivity index (χ1n) is 22.2. The van der Waals surface area contributed by atoms with E-state index in [1.54, 1.807) is 24.3 Å². The van der Waals surface area contributed by atoms with Gasteiger partial charge in [0.15, 0.2) is 0 Å². The van der Waals surface area contributed by atoms with Crippen molar-refractivity contribution in [2.45, 2.75) is 93.8 Å². The van der Waals surface area contributed by atoms with Crippen LogP contribution in [0.15, 0.2) is 72.8 Å². The van der Waals surface area contributed by atoms with Gasteiger partial charge in [0.05, 0.1) is 24.8 Å². The minimum Gasteiger partial charge on any atom is -0.465 e. The minimum atomic E-state index is -4.52. The number of hydrogen-bond donors (Lipinski definition) is 4. The number of alkyl carbamates (subject to hydrolysis) is 1. The van der Waals surface area contributed by atoms with E-state index in [4.69, 9.17) is 4.74 Å². The number of likely N-dealkylation sites (tertiary alicyclic amines) is 2. The molecule has 0 aliphatic carbocycles. The molecule has 3 fully saturated rings. The minimum absolute atomic E-state index is 0.264. The first kappa shape index (κ1) is 50.8. The third-order valence-electron chi connectivity index (χ3n) is 12.7. The van der Waals surface area contributed by atoms with Gasteiger partial charge in [0.2, 0.25) is 23.6 Å². The molecule has 0 saturated carbocycles. The first-order chi connectivity index (χ1) is 32.1. The number of likely N-dealkylation sites (N-methyl/N-ethyl adjacent to an activating group) is 1. The summed E-state index contributed by atoms with van der Waals surface area (Å²) in [6.07, 6.45) is 1.36. The summed E-state index contributed by atoms with van der Waals surface area (Å²) >= 11 is 3.03. The molecule has 6 amide bonds. The fraction of sp³-hybridized carbons (Fsp3) is 0.489. The lowest BCUT2D eigenvalue weighted by molar-refractivity contribution is -0.140. The molecule has 3 aliphatic heterocycles. The van der Waals surface area contributed by atoms with Crippen molar-refractivity contribution >= 4 is 76.4 Å². The van der Waals surface area contributed by atoms with Gasteiger partial charge in [0.25, 0.3) is 0 Å². The second-order valence-electron chi connectivity index (χ2n) is 16.8. The van der Waals surface area contributed by atoms with E-state index < -0.39 is 54.0 Å². The Bertz CT molecular complexity index is 2220. The highest BCUT2D eigenvalue weighted by molar-refractivity contribution is 7.98. The number of alkyl halides is 3. The Morgan fingerprint density at radius 2 is 1.21 bits per heavy atom. The second kappa shape index (κ2) is 22.9. The Labute approximate surface area is 396 Å². The second-order valence-corrected chi connectivity index (χ2v) is 18.8. The average Bonchev–Trinajstić information content (AvgIpc) is 4.12. The highest BCUT2D eigenvalue weighted by Gasteiger charge is 2.41. The van der Waals surface area contributed by atoms with Crippen LogP contribution in [0.1, 0.15) is 80.1 Å². The van der Waals surface area contributed by atoms with E-state index in [0.29, 0.717) is 93.0 Å². The number of rotatable bonds is 17. The zero-order valence-corrected chi connectivity index (χ0v) is 39.6. The molecule has 362 valence electrons. The molecule has 3 aliphatic rings. The SMILES string of the molecule is COC(=O)N[C@@H](CCSC)C(=O)N1CCCC1C(=O)Nc1ccc([C@H]2CC[C@H](c3ccc(NC(=O)[C@@H]4CCCN4C(=O)[C@H](CCSC)N(C)C(=O)O)cc3)N2c2ccc(C(F)(F)F)cc2)cc1. The van der Waals surface area contributed by atoms with Gasteiger partial charge in [0.1, 0.15) is 24.2 Å². The van der Waals surface area contributed by atoms with Crippen molar-refractivity contribution in [3.63, 3.8) is 0 Å². The molecule has 6 atom stereocenters. The van der Waals surface area contributed by atoms with Crippen molar-refractivity contribution < 1.29 is 51.8 Å². The number of ether oxygens (including phenoxy) is 1. The van der Waals surface area contributed by atoms with Crippen molar-refractivity contribution in [2.75, 3.05) is 66.8 Å². The zero-order chi connectivity index (χ0) is 48.4. The Morgan fingerprint density at radius 1 is 0.731 bits per heavy atom. The van der Waals surface area contributed by atoms with Crippen molar-refractivity contribution in [3.05, 3.63) is 89.5 Å². The monoisotopic (exact) mass is 969 g/mol. The molecule has 67 heavy (non-hydrogen) atoms. The Hall–Kier alpha value is -5.63. The fourth-order valence-electron chi connectivity index (χ4n) is 9.21. The number of carboxylic acid groups (broad SMARTS) is 1. The Morgan fingerprint density at radius 3 is 1.66 bits per heavy atom. The number of nitrogens with zero attached hydrogens (tertiary/aromatic N) is 4. The van der Waals surface area contributed by atoms with E-state index in [1.165, 1.54) is 59.6 Å². The molecule has 0 spiro atoms. The number of methoxy groups -OCH3 is 1. The molecule has 1 unspecified atom stereocenters. The first-order valence-corrected chi connectivity index (χ1v) is 25.0. The summed E-state index contributed by atoms with van der Waals surface area (Å²) < 4.78 is 45.8. The molecule has 4 N–H and O–H groups in total. The summed E-state index contributed by atoms with van der Waals surface area (Å²) in [4.78, 5) is 84.4. The number of nitrogens with one attached hydrogen (secondary N) is 3. The van der Waals surface area contributed by atoms with Crippen LogP contribution in [-0.2, 0) is 30.1 Å². The van der Waals surface area contributed by atoms with Crippen LogP contribution in [0.2, 0.25) is 0 Å². The molecule has 3 saturated heterocycles. The van der Waals surface area contributed by atoms with Gasteiger partial charge in [-0.2, -0.15) is 36.7 Å². The van der Waals surface area contributed by atoms with Crippen LogP contribution in [0.4, 0.5) is 39.8 Å². The van der Waals surface area contributed by atoms with E-state index in [1.807, 2.05) is 36.8 Å². The molecule has 6 rings (SSSR count). The standard InChI is InChI=1S/C47H58F3N7O8S2/c1-54(46(63)64)40(24-28-67-4)44(61)56-26-6-8-39(56)42(59)52-33-17-11-30(12-18-33)37-22-21-36(57(37)34-19-13-31(14-20-34)47(48,49)50)29-9-15-32(16-10-29)51-41(58)38-7-5-25-55(38)43(60)35(23-27-66-3)53-45(62)65-2/h9-20,35-40H,5-8,21-28H2,1-4H3,(H,51,58)(H,52,59)(H,53,62)(H,63,64)/t35-,36+,37+,38?,39-,40-/m0/s1. The van der Waals surface area contributed by atoms with Gasteiger partial charge >= 0.3 is 18.4 Å². The maximum Gasteiger partial charge on any atom is 0.416 e. The van der Waals surface area contributed by atoms with Crippen molar-refractivity contribution in [3.8, 4) is 0 Å². The van der Waals surface area contributed by atoms with Gasteiger partial charge in [-0.25, -0.2) is 9.59 Å². The number of anilines is 3. The smallest absolute Gasteiger partial charge is 0.416 e. The van der Waals surface area contributed by atoms with Gasteiger partial charge < -0.3 is 40.5 Å². The van der Waals surface area contributed by atoms with E-state index in [-0.39, 0.29) is 29.8 Å². The molecular weight excluding hydrogens is 912 g/mol.